The second-order valence-electron chi connectivity index (χ2n) is 5.12. The molecule has 21 heavy (non-hydrogen) atoms. The molecule has 0 aromatic heterocycles. The van der Waals surface area contributed by atoms with Crippen molar-refractivity contribution in [3.63, 3.8) is 0 Å². The van der Waals surface area contributed by atoms with Gasteiger partial charge in [0.15, 0.2) is 0 Å². The van der Waals surface area contributed by atoms with Gasteiger partial charge in [0.2, 0.25) is 5.91 Å². The molecule has 1 atom stereocenters. The van der Waals surface area contributed by atoms with Gasteiger partial charge in [0.25, 0.3) is 0 Å². The third-order valence-corrected chi connectivity index (χ3v) is 4.16. The summed E-state index contributed by atoms with van der Waals surface area (Å²) in [6, 6.07) is 5.15. The maximum atomic E-state index is 12.1. The maximum Gasteiger partial charge on any atom is 0.238 e. The van der Waals surface area contributed by atoms with E-state index in [2.05, 4.69) is 10.2 Å². The van der Waals surface area contributed by atoms with Crippen molar-refractivity contribution < 1.29 is 4.79 Å². The molecule has 1 unspecified atom stereocenters. The minimum absolute atomic E-state index is 0. The fraction of sp³-hybridized carbons (Fsp3) is 0.500. The molecule has 1 amide bonds. The van der Waals surface area contributed by atoms with Gasteiger partial charge in [-0.15, -0.1) is 12.4 Å². The van der Waals surface area contributed by atoms with Gasteiger partial charge in [0.05, 0.1) is 22.3 Å². The Kier molecular flexibility index (Phi) is 7.77. The average Bonchev–Trinajstić information content (AvgIpc) is 2.43. The van der Waals surface area contributed by atoms with Crippen molar-refractivity contribution >= 4 is 47.2 Å². The zero-order valence-electron chi connectivity index (χ0n) is 11.6. The Hall–Kier alpha value is -0.520. The van der Waals surface area contributed by atoms with Crippen molar-refractivity contribution in [2.75, 3.05) is 31.5 Å². The van der Waals surface area contributed by atoms with Gasteiger partial charge < -0.3 is 11.1 Å². The van der Waals surface area contributed by atoms with Crippen LogP contribution in [-0.2, 0) is 4.79 Å². The molecule has 3 N–H and O–H groups in total. The monoisotopic (exact) mass is 351 g/mol. The number of nitrogens with one attached hydrogen (secondary N) is 1. The number of anilines is 1. The van der Waals surface area contributed by atoms with Crippen LogP contribution in [0, 0.1) is 5.92 Å². The number of rotatable bonds is 4. The summed E-state index contributed by atoms with van der Waals surface area (Å²) in [6.07, 6.45) is 2.23. The molecule has 1 aliphatic heterocycles. The number of hydrogen-bond acceptors (Lipinski definition) is 3. The second-order valence-corrected chi connectivity index (χ2v) is 5.94. The Balaban J connectivity index is 0.00000220. The Morgan fingerprint density at radius 3 is 2.67 bits per heavy atom. The number of para-hydroxylation sites is 1. The summed E-state index contributed by atoms with van der Waals surface area (Å²) in [7, 11) is 0. The van der Waals surface area contributed by atoms with E-state index in [0.717, 1.165) is 25.9 Å². The van der Waals surface area contributed by atoms with Crippen molar-refractivity contribution in [2.45, 2.75) is 12.8 Å². The molecule has 0 saturated carbocycles. The van der Waals surface area contributed by atoms with E-state index in [9.17, 15) is 4.79 Å². The highest BCUT2D eigenvalue weighted by atomic mass is 35.5. The molecule has 0 bridgehead atoms. The first kappa shape index (κ1) is 18.5. The van der Waals surface area contributed by atoms with E-state index in [-0.39, 0.29) is 18.3 Å². The zero-order valence-corrected chi connectivity index (χ0v) is 14.0. The van der Waals surface area contributed by atoms with Crippen molar-refractivity contribution in [1.29, 1.82) is 0 Å². The van der Waals surface area contributed by atoms with Crippen LogP contribution in [0.15, 0.2) is 18.2 Å². The minimum atomic E-state index is -0.0994. The summed E-state index contributed by atoms with van der Waals surface area (Å²) in [5, 5.41) is 3.68. The van der Waals surface area contributed by atoms with Gasteiger partial charge in [-0.3, -0.25) is 9.69 Å². The Morgan fingerprint density at radius 1 is 1.38 bits per heavy atom. The molecule has 118 valence electrons. The van der Waals surface area contributed by atoms with Crippen LogP contribution in [0.2, 0.25) is 10.0 Å². The number of hydrogen-bond donors (Lipinski definition) is 2. The fourth-order valence-corrected chi connectivity index (χ4v) is 2.98. The number of carbonyl (C=O) groups excluding carboxylic acids is 1. The predicted molar refractivity (Wildman–Crippen MR) is 90.6 cm³/mol. The van der Waals surface area contributed by atoms with Gasteiger partial charge in [-0.2, -0.15) is 0 Å². The molecule has 2 rings (SSSR count). The van der Waals surface area contributed by atoms with Gasteiger partial charge in [-0.05, 0) is 44.0 Å². The summed E-state index contributed by atoms with van der Waals surface area (Å²) in [6.45, 7) is 2.83. The van der Waals surface area contributed by atoms with Gasteiger partial charge in [-0.25, -0.2) is 0 Å². The average molecular weight is 353 g/mol. The molecule has 4 nitrogen and oxygen atoms in total. The first-order valence-corrected chi connectivity index (χ1v) is 7.52. The maximum absolute atomic E-state index is 12.1. The highest BCUT2D eigenvalue weighted by Crippen LogP contribution is 2.29. The number of carbonyl (C=O) groups is 1. The summed E-state index contributed by atoms with van der Waals surface area (Å²) < 4.78 is 0. The Morgan fingerprint density at radius 2 is 2.05 bits per heavy atom. The molecule has 1 aromatic carbocycles. The highest BCUT2D eigenvalue weighted by Gasteiger charge is 2.21. The predicted octanol–water partition coefficient (Wildman–Crippen LogP) is 3.02. The van der Waals surface area contributed by atoms with Crippen LogP contribution < -0.4 is 11.1 Å². The van der Waals surface area contributed by atoms with Crippen LogP contribution in [0.25, 0.3) is 0 Å². The van der Waals surface area contributed by atoms with E-state index in [1.54, 1.807) is 18.2 Å². The van der Waals surface area contributed by atoms with E-state index in [1.807, 2.05) is 0 Å². The minimum Gasteiger partial charge on any atom is -0.330 e. The van der Waals surface area contributed by atoms with E-state index in [4.69, 9.17) is 28.9 Å². The number of benzene rings is 1. The highest BCUT2D eigenvalue weighted by molar-refractivity contribution is 6.39. The van der Waals surface area contributed by atoms with Gasteiger partial charge in [0, 0.05) is 6.54 Å². The first-order valence-electron chi connectivity index (χ1n) is 6.76. The summed E-state index contributed by atoms with van der Waals surface area (Å²) in [4.78, 5) is 14.2. The normalized spacial score (nSPS) is 18.9. The van der Waals surface area contributed by atoms with E-state index >= 15 is 0 Å². The SMILES string of the molecule is Cl.NCC1CCCN(CC(=O)Nc2c(Cl)cccc2Cl)C1. The molecule has 0 aliphatic carbocycles. The topological polar surface area (TPSA) is 58.4 Å². The summed E-state index contributed by atoms with van der Waals surface area (Å²) in [5.74, 6) is 0.387. The van der Waals surface area contributed by atoms with E-state index in [1.165, 1.54) is 0 Å². The number of nitrogens with zero attached hydrogens (tertiary/aromatic N) is 1. The van der Waals surface area contributed by atoms with Crippen LogP contribution in [0.5, 0.6) is 0 Å². The number of halogens is 3. The van der Waals surface area contributed by atoms with Crippen LogP contribution in [-0.4, -0.2) is 37.0 Å². The number of nitrogens with two attached hydrogens (primary N) is 1. The van der Waals surface area contributed by atoms with Crippen molar-refractivity contribution in [3.05, 3.63) is 28.2 Å². The molecular formula is C14H20Cl3N3O. The second kappa shape index (κ2) is 8.81. The molecule has 1 aromatic rings. The van der Waals surface area contributed by atoms with Crippen molar-refractivity contribution in [1.82, 2.24) is 4.90 Å². The lowest BCUT2D eigenvalue weighted by atomic mass is 9.98. The zero-order chi connectivity index (χ0) is 14.5. The number of likely N-dealkylation sites (tertiary alicyclic amines) is 1. The van der Waals surface area contributed by atoms with Crippen LogP contribution >= 0.6 is 35.6 Å². The molecule has 1 saturated heterocycles. The largest absolute Gasteiger partial charge is 0.330 e. The standard InChI is InChI=1S/C14H19Cl2N3O.ClH/c15-11-4-1-5-12(16)14(11)18-13(20)9-19-6-2-3-10(7-17)8-19;/h1,4-5,10H,2-3,6-9,17H2,(H,18,20);1H. The van der Waals surface area contributed by atoms with E-state index in [0.29, 0.717) is 34.7 Å². The van der Waals surface area contributed by atoms with E-state index < -0.39 is 0 Å². The number of piperidine rings is 1. The third kappa shape index (κ3) is 5.31. The van der Waals surface area contributed by atoms with Crippen molar-refractivity contribution in [3.8, 4) is 0 Å². The summed E-state index contributed by atoms with van der Waals surface area (Å²) >= 11 is 12.1. The Labute approximate surface area is 141 Å². The third-order valence-electron chi connectivity index (χ3n) is 3.53. The molecule has 1 fully saturated rings. The summed E-state index contributed by atoms with van der Waals surface area (Å²) in [5.41, 5.74) is 6.18. The molecule has 1 heterocycles. The first-order chi connectivity index (χ1) is 9.60. The van der Waals surface area contributed by atoms with Gasteiger partial charge in [0.1, 0.15) is 0 Å². The van der Waals surface area contributed by atoms with Crippen LogP contribution in [0.4, 0.5) is 5.69 Å². The molecule has 1 aliphatic rings. The molecule has 0 spiro atoms. The molecule has 7 heteroatoms. The lowest BCUT2D eigenvalue weighted by molar-refractivity contribution is -0.117. The van der Waals surface area contributed by atoms with Crippen molar-refractivity contribution in [2.24, 2.45) is 11.7 Å². The lowest BCUT2D eigenvalue weighted by Gasteiger charge is -2.31. The smallest absolute Gasteiger partial charge is 0.238 e. The van der Waals surface area contributed by atoms with Gasteiger partial charge >= 0.3 is 0 Å². The fourth-order valence-electron chi connectivity index (χ4n) is 2.49. The Bertz CT molecular complexity index is 464. The van der Waals surface area contributed by atoms with Crippen LogP contribution in [0.3, 0.4) is 0 Å². The molecule has 0 radical (unpaired) electrons. The number of amides is 1. The molecular weight excluding hydrogens is 333 g/mol. The quantitative estimate of drug-likeness (QED) is 0.875. The van der Waals surface area contributed by atoms with Crippen LogP contribution in [0.1, 0.15) is 12.8 Å². The lowest BCUT2D eigenvalue weighted by Crippen LogP contribution is -2.42. The van der Waals surface area contributed by atoms with Gasteiger partial charge in [-0.1, -0.05) is 29.3 Å².